The molecule has 0 spiro atoms. The minimum Gasteiger partial charge on any atom is -0.368 e. The van der Waals surface area contributed by atoms with Crippen LogP contribution in [0.2, 0.25) is 5.28 Å². The predicted molar refractivity (Wildman–Crippen MR) is 88.1 cm³/mol. The normalized spacial score (nSPS) is 10.6. The number of likely N-dealkylation sites (N-methyl/N-ethyl adjacent to an activating group) is 1. The van der Waals surface area contributed by atoms with Gasteiger partial charge in [0.1, 0.15) is 5.82 Å². The molecule has 110 valence electrons. The first kappa shape index (κ1) is 17.0. The zero-order valence-electron chi connectivity index (χ0n) is 11.8. The van der Waals surface area contributed by atoms with Crippen molar-refractivity contribution in [2.75, 3.05) is 31.5 Å². The molecule has 0 aliphatic rings. The quantitative estimate of drug-likeness (QED) is 0.829. The van der Waals surface area contributed by atoms with Gasteiger partial charge in [-0.15, -0.1) is 12.4 Å². The van der Waals surface area contributed by atoms with Crippen LogP contribution < -0.4 is 5.32 Å². The number of rotatable bonds is 6. The Balaban J connectivity index is 0.00000200. The number of nitrogens with zero attached hydrogens (tertiary/aromatic N) is 3. The molecule has 0 aliphatic carbocycles. The second-order valence-electron chi connectivity index (χ2n) is 4.31. The van der Waals surface area contributed by atoms with E-state index in [4.69, 9.17) is 11.6 Å². The molecule has 1 aromatic heterocycles. The van der Waals surface area contributed by atoms with E-state index in [1.165, 1.54) is 0 Å². The molecule has 0 atom stereocenters. The van der Waals surface area contributed by atoms with Gasteiger partial charge < -0.3 is 10.2 Å². The van der Waals surface area contributed by atoms with Crippen LogP contribution in [0.15, 0.2) is 24.3 Å². The maximum atomic E-state index is 5.95. The molecule has 1 aromatic carbocycles. The van der Waals surface area contributed by atoms with Crippen LogP contribution in [0.1, 0.15) is 13.8 Å². The number of para-hydroxylation sites is 1. The van der Waals surface area contributed by atoms with E-state index < -0.39 is 0 Å². The summed E-state index contributed by atoms with van der Waals surface area (Å²) in [4.78, 5) is 10.8. The van der Waals surface area contributed by atoms with E-state index in [0.717, 1.165) is 42.9 Å². The molecule has 0 saturated carbocycles. The third-order valence-corrected chi connectivity index (χ3v) is 3.36. The van der Waals surface area contributed by atoms with Gasteiger partial charge in [0.05, 0.1) is 5.52 Å². The minimum atomic E-state index is 0. The number of benzene rings is 1. The summed E-state index contributed by atoms with van der Waals surface area (Å²) in [6.07, 6.45) is 0. The summed E-state index contributed by atoms with van der Waals surface area (Å²) < 4.78 is 0. The fourth-order valence-electron chi connectivity index (χ4n) is 2.06. The van der Waals surface area contributed by atoms with Gasteiger partial charge in [-0.25, -0.2) is 9.97 Å². The first-order chi connectivity index (χ1) is 9.24. The summed E-state index contributed by atoms with van der Waals surface area (Å²) in [6.45, 7) is 8.29. The topological polar surface area (TPSA) is 41.0 Å². The van der Waals surface area contributed by atoms with E-state index in [9.17, 15) is 0 Å². The molecular weight excluding hydrogens is 295 g/mol. The Morgan fingerprint density at radius 3 is 2.55 bits per heavy atom. The highest BCUT2D eigenvalue weighted by Gasteiger charge is 2.06. The largest absolute Gasteiger partial charge is 0.368 e. The zero-order chi connectivity index (χ0) is 13.7. The molecule has 4 nitrogen and oxygen atoms in total. The number of nitrogens with one attached hydrogen (secondary N) is 1. The molecule has 0 radical (unpaired) electrons. The Labute approximate surface area is 131 Å². The van der Waals surface area contributed by atoms with Gasteiger partial charge in [0.25, 0.3) is 0 Å². The molecule has 1 heterocycles. The fraction of sp³-hybridized carbons (Fsp3) is 0.429. The van der Waals surface area contributed by atoms with Gasteiger partial charge in [-0.3, -0.25) is 0 Å². The SMILES string of the molecule is CCN(CC)CCNc1nc(Cl)nc2ccccc12.Cl. The van der Waals surface area contributed by atoms with Crippen LogP contribution >= 0.6 is 24.0 Å². The summed E-state index contributed by atoms with van der Waals surface area (Å²) >= 11 is 5.95. The van der Waals surface area contributed by atoms with E-state index in [-0.39, 0.29) is 17.7 Å². The minimum absolute atomic E-state index is 0. The highest BCUT2D eigenvalue weighted by atomic mass is 35.5. The predicted octanol–water partition coefficient (Wildman–Crippen LogP) is 3.46. The summed E-state index contributed by atoms with van der Waals surface area (Å²) in [5, 5.41) is 4.64. The van der Waals surface area contributed by atoms with Crippen molar-refractivity contribution in [1.29, 1.82) is 0 Å². The number of hydrogen-bond acceptors (Lipinski definition) is 4. The maximum absolute atomic E-state index is 5.95. The van der Waals surface area contributed by atoms with Gasteiger partial charge in [-0.2, -0.15) is 0 Å². The molecule has 0 aliphatic heterocycles. The first-order valence-electron chi connectivity index (χ1n) is 6.63. The van der Waals surface area contributed by atoms with Crippen LogP contribution in [0.25, 0.3) is 10.9 Å². The number of halogens is 2. The van der Waals surface area contributed by atoms with Crippen LogP contribution in [0.3, 0.4) is 0 Å². The van der Waals surface area contributed by atoms with Gasteiger partial charge in [0.2, 0.25) is 5.28 Å². The molecule has 0 fully saturated rings. The lowest BCUT2D eigenvalue weighted by molar-refractivity contribution is 0.316. The van der Waals surface area contributed by atoms with Crippen LogP contribution in [0.5, 0.6) is 0 Å². The van der Waals surface area contributed by atoms with Gasteiger partial charge in [-0.05, 0) is 36.8 Å². The van der Waals surface area contributed by atoms with Crippen LogP contribution in [0.4, 0.5) is 5.82 Å². The molecule has 0 bridgehead atoms. The third-order valence-electron chi connectivity index (χ3n) is 3.19. The summed E-state index contributed by atoms with van der Waals surface area (Å²) in [7, 11) is 0. The van der Waals surface area contributed by atoms with Gasteiger partial charge in [0, 0.05) is 18.5 Å². The standard InChI is InChI=1S/C14H19ClN4.ClH/c1-3-19(4-2)10-9-16-13-11-7-5-6-8-12(11)17-14(15)18-13;/h5-8H,3-4,9-10H2,1-2H3,(H,16,17,18);1H. The van der Waals surface area contributed by atoms with E-state index in [1.807, 2.05) is 24.3 Å². The molecule has 1 N–H and O–H groups in total. The van der Waals surface area contributed by atoms with Gasteiger partial charge in [0.15, 0.2) is 0 Å². The molecule has 0 unspecified atom stereocenters. The molecular formula is C14H20Cl2N4. The van der Waals surface area contributed by atoms with Crippen molar-refractivity contribution < 1.29 is 0 Å². The average molecular weight is 315 g/mol. The zero-order valence-corrected chi connectivity index (χ0v) is 13.3. The van der Waals surface area contributed by atoms with Crippen molar-refractivity contribution in [3.8, 4) is 0 Å². The van der Waals surface area contributed by atoms with Crippen molar-refractivity contribution in [3.63, 3.8) is 0 Å². The molecule has 2 aromatic rings. The molecule has 20 heavy (non-hydrogen) atoms. The third kappa shape index (κ3) is 4.20. The van der Waals surface area contributed by atoms with Crippen molar-refractivity contribution in [2.24, 2.45) is 0 Å². The lowest BCUT2D eigenvalue weighted by Crippen LogP contribution is -2.28. The van der Waals surface area contributed by atoms with Crippen LogP contribution in [-0.2, 0) is 0 Å². The van der Waals surface area contributed by atoms with Gasteiger partial charge in [-0.1, -0.05) is 26.0 Å². The van der Waals surface area contributed by atoms with E-state index >= 15 is 0 Å². The highest BCUT2D eigenvalue weighted by molar-refractivity contribution is 6.28. The number of fused-ring (bicyclic) bond motifs is 1. The van der Waals surface area contributed by atoms with Crippen molar-refractivity contribution >= 4 is 40.7 Å². The molecule has 0 saturated heterocycles. The van der Waals surface area contributed by atoms with Crippen molar-refractivity contribution in [3.05, 3.63) is 29.5 Å². The van der Waals surface area contributed by atoms with Crippen LogP contribution in [-0.4, -0.2) is 41.0 Å². The lowest BCUT2D eigenvalue weighted by atomic mass is 10.2. The summed E-state index contributed by atoms with van der Waals surface area (Å²) in [6, 6.07) is 7.88. The Bertz CT molecular complexity index is 544. The van der Waals surface area contributed by atoms with Crippen LogP contribution in [0, 0.1) is 0 Å². The Hall–Kier alpha value is -1.10. The van der Waals surface area contributed by atoms with E-state index in [2.05, 4.69) is 34.0 Å². The smallest absolute Gasteiger partial charge is 0.224 e. The van der Waals surface area contributed by atoms with E-state index in [1.54, 1.807) is 0 Å². The number of aromatic nitrogens is 2. The average Bonchev–Trinajstić information content (AvgIpc) is 2.43. The van der Waals surface area contributed by atoms with Crippen molar-refractivity contribution in [2.45, 2.75) is 13.8 Å². The Morgan fingerprint density at radius 2 is 1.85 bits per heavy atom. The molecule has 2 rings (SSSR count). The molecule has 0 amide bonds. The van der Waals surface area contributed by atoms with Crippen molar-refractivity contribution in [1.82, 2.24) is 14.9 Å². The Kier molecular flexibility index (Phi) is 6.99. The second-order valence-corrected chi connectivity index (χ2v) is 4.65. The summed E-state index contributed by atoms with van der Waals surface area (Å²) in [5.74, 6) is 0.808. The fourth-order valence-corrected chi connectivity index (χ4v) is 2.23. The second kappa shape index (κ2) is 8.25. The monoisotopic (exact) mass is 314 g/mol. The number of anilines is 1. The van der Waals surface area contributed by atoms with E-state index in [0.29, 0.717) is 0 Å². The maximum Gasteiger partial charge on any atom is 0.224 e. The Morgan fingerprint density at radius 1 is 1.15 bits per heavy atom. The first-order valence-corrected chi connectivity index (χ1v) is 7.01. The summed E-state index contributed by atoms with van der Waals surface area (Å²) in [5.41, 5.74) is 0.868. The lowest BCUT2D eigenvalue weighted by Gasteiger charge is -2.18. The highest BCUT2D eigenvalue weighted by Crippen LogP contribution is 2.21. The van der Waals surface area contributed by atoms with Gasteiger partial charge >= 0.3 is 0 Å². The molecule has 6 heteroatoms. The number of hydrogen-bond donors (Lipinski definition) is 1.